The van der Waals surface area contributed by atoms with Gasteiger partial charge in [0.15, 0.2) is 5.82 Å². The summed E-state index contributed by atoms with van der Waals surface area (Å²) in [5.41, 5.74) is 5.67. The fraction of sp³-hybridized carbons (Fsp3) is 0.300. The Morgan fingerprint density at radius 1 is 1.69 bits per heavy atom. The Kier molecular flexibility index (Phi) is 3.95. The lowest BCUT2D eigenvalue weighted by molar-refractivity contribution is 0.0522. The zero-order chi connectivity index (χ0) is 12.3. The van der Waals surface area contributed by atoms with Crippen molar-refractivity contribution in [1.82, 2.24) is 0 Å². The second-order valence-corrected chi connectivity index (χ2v) is 3.39. The number of nitrogen functional groups attached to an aromatic ring is 1. The first-order valence-corrected chi connectivity index (χ1v) is 5.03. The van der Waals surface area contributed by atoms with Crippen LogP contribution >= 0.6 is 11.6 Å². The molecular weight excluding hydrogens is 235 g/mol. The van der Waals surface area contributed by atoms with E-state index in [1.54, 1.807) is 14.0 Å². The quantitative estimate of drug-likeness (QED) is 0.634. The highest BCUT2D eigenvalue weighted by Gasteiger charge is 2.22. The number of rotatable bonds is 3. The molecule has 88 valence electrons. The van der Waals surface area contributed by atoms with Crippen LogP contribution in [0.1, 0.15) is 17.3 Å². The molecule has 4 nitrogen and oxygen atoms in total. The van der Waals surface area contributed by atoms with E-state index in [0.717, 1.165) is 0 Å². The van der Waals surface area contributed by atoms with Gasteiger partial charge in [0.1, 0.15) is 5.56 Å². The molecule has 0 saturated carbocycles. The number of nitrogens with two attached hydrogens (primary N) is 1. The standard InChI is InChI=1S/C10H12ClFN2O2/c1-3-16-10(15)7-8(12)5(11)4-6(14-2)9(7)13/h4,14H,3,13H2,1-2H3. The number of anilines is 2. The maximum absolute atomic E-state index is 13.6. The van der Waals surface area contributed by atoms with E-state index in [1.807, 2.05) is 0 Å². The molecule has 0 saturated heterocycles. The smallest absolute Gasteiger partial charge is 0.343 e. The summed E-state index contributed by atoms with van der Waals surface area (Å²) in [4.78, 5) is 11.5. The van der Waals surface area contributed by atoms with E-state index in [9.17, 15) is 9.18 Å². The lowest BCUT2D eigenvalue weighted by Crippen LogP contribution is -2.12. The maximum Gasteiger partial charge on any atom is 0.343 e. The van der Waals surface area contributed by atoms with Crippen LogP contribution in [-0.4, -0.2) is 19.6 Å². The lowest BCUT2D eigenvalue weighted by atomic mass is 10.1. The van der Waals surface area contributed by atoms with E-state index >= 15 is 0 Å². The lowest BCUT2D eigenvalue weighted by Gasteiger charge is -2.12. The molecule has 0 aliphatic rings. The van der Waals surface area contributed by atoms with Gasteiger partial charge < -0.3 is 15.8 Å². The Morgan fingerprint density at radius 3 is 2.81 bits per heavy atom. The van der Waals surface area contributed by atoms with Gasteiger partial charge in [0.05, 0.1) is 23.0 Å². The molecular formula is C10H12ClFN2O2. The van der Waals surface area contributed by atoms with Crippen LogP contribution < -0.4 is 11.1 Å². The van der Waals surface area contributed by atoms with Gasteiger partial charge in [-0.1, -0.05) is 11.6 Å². The highest BCUT2D eigenvalue weighted by Crippen LogP contribution is 2.31. The third-order valence-electron chi connectivity index (χ3n) is 2.01. The van der Waals surface area contributed by atoms with Crippen LogP contribution in [0.15, 0.2) is 6.07 Å². The van der Waals surface area contributed by atoms with Crippen LogP contribution in [-0.2, 0) is 4.74 Å². The van der Waals surface area contributed by atoms with Gasteiger partial charge in [-0.05, 0) is 13.0 Å². The largest absolute Gasteiger partial charge is 0.462 e. The minimum absolute atomic E-state index is 0.0112. The zero-order valence-corrected chi connectivity index (χ0v) is 9.69. The van der Waals surface area contributed by atoms with Crippen molar-refractivity contribution in [3.8, 4) is 0 Å². The van der Waals surface area contributed by atoms with Crippen molar-refractivity contribution in [2.75, 3.05) is 24.7 Å². The van der Waals surface area contributed by atoms with Crippen molar-refractivity contribution in [1.29, 1.82) is 0 Å². The molecule has 6 heteroatoms. The molecule has 1 aromatic carbocycles. The summed E-state index contributed by atoms with van der Waals surface area (Å²) in [6.45, 7) is 1.76. The van der Waals surface area contributed by atoms with Crippen molar-refractivity contribution in [3.63, 3.8) is 0 Å². The Hall–Kier alpha value is -1.49. The van der Waals surface area contributed by atoms with E-state index in [0.29, 0.717) is 5.69 Å². The molecule has 0 aliphatic heterocycles. The van der Waals surface area contributed by atoms with Crippen LogP contribution in [0.3, 0.4) is 0 Å². The Balaban J connectivity index is 3.35. The average Bonchev–Trinajstić information content (AvgIpc) is 2.24. The van der Waals surface area contributed by atoms with E-state index in [4.69, 9.17) is 22.1 Å². The first-order chi connectivity index (χ1) is 7.52. The van der Waals surface area contributed by atoms with Gasteiger partial charge in [-0.3, -0.25) is 0 Å². The van der Waals surface area contributed by atoms with Crippen LogP contribution in [0, 0.1) is 5.82 Å². The number of hydrogen-bond donors (Lipinski definition) is 2. The molecule has 16 heavy (non-hydrogen) atoms. The van der Waals surface area contributed by atoms with Crippen LogP contribution in [0.2, 0.25) is 5.02 Å². The number of benzene rings is 1. The summed E-state index contributed by atoms with van der Waals surface area (Å²) in [5, 5.41) is 2.54. The zero-order valence-electron chi connectivity index (χ0n) is 8.93. The second kappa shape index (κ2) is 5.03. The van der Waals surface area contributed by atoms with Gasteiger partial charge in [-0.25, -0.2) is 9.18 Å². The van der Waals surface area contributed by atoms with Gasteiger partial charge in [0.2, 0.25) is 0 Å². The Labute approximate surface area is 97.5 Å². The highest BCUT2D eigenvalue weighted by atomic mass is 35.5. The molecule has 0 heterocycles. The fourth-order valence-electron chi connectivity index (χ4n) is 1.25. The monoisotopic (exact) mass is 246 g/mol. The topological polar surface area (TPSA) is 64.3 Å². The van der Waals surface area contributed by atoms with E-state index in [2.05, 4.69) is 5.32 Å². The molecule has 0 unspecified atom stereocenters. The number of ether oxygens (including phenoxy) is 1. The van der Waals surface area contributed by atoms with Crippen LogP contribution in [0.5, 0.6) is 0 Å². The first kappa shape index (κ1) is 12.6. The third kappa shape index (κ3) is 2.19. The van der Waals surface area contributed by atoms with Gasteiger partial charge in [0.25, 0.3) is 0 Å². The van der Waals surface area contributed by atoms with Gasteiger partial charge in [-0.15, -0.1) is 0 Å². The summed E-state index contributed by atoms with van der Waals surface area (Å²) in [6, 6.07) is 1.31. The Bertz CT molecular complexity index is 424. The molecule has 0 aromatic heterocycles. The minimum atomic E-state index is -0.864. The van der Waals surface area contributed by atoms with Crippen molar-refractivity contribution in [2.45, 2.75) is 6.92 Å². The van der Waals surface area contributed by atoms with Crippen LogP contribution in [0.4, 0.5) is 15.8 Å². The second-order valence-electron chi connectivity index (χ2n) is 2.98. The van der Waals surface area contributed by atoms with Gasteiger partial charge in [-0.2, -0.15) is 0 Å². The molecule has 0 atom stereocenters. The summed E-state index contributed by atoms with van der Waals surface area (Å²) in [5.74, 6) is -1.69. The predicted octanol–water partition coefficient (Wildman–Crippen LogP) is 2.28. The summed E-state index contributed by atoms with van der Waals surface area (Å²) in [6.07, 6.45) is 0. The summed E-state index contributed by atoms with van der Waals surface area (Å²) >= 11 is 5.64. The molecule has 1 aromatic rings. The average molecular weight is 247 g/mol. The van der Waals surface area contributed by atoms with Crippen molar-refractivity contribution < 1.29 is 13.9 Å². The minimum Gasteiger partial charge on any atom is -0.462 e. The summed E-state index contributed by atoms with van der Waals surface area (Å²) in [7, 11) is 1.59. The van der Waals surface area contributed by atoms with Crippen LogP contribution in [0.25, 0.3) is 0 Å². The molecule has 0 spiro atoms. The number of nitrogens with one attached hydrogen (secondary N) is 1. The predicted molar refractivity (Wildman–Crippen MR) is 61.3 cm³/mol. The molecule has 0 bridgehead atoms. The Morgan fingerprint density at radius 2 is 2.31 bits per heavy atom. The first-order valence-electron chi connectivity index (χ1n) is 4.65. The normalized spacial score (nSPS) is 10.0. The van der Waals surface area contributed by atoms with Gasteiger partial charge >= 0.3 is 5.97 Å². The number of halogens is 2. The van der Waals surface area contributed by atoms with Crippen molar-refractivity contribution >= 4 is 28.9 Å². The molecule has 1 rings (SSSR count). The van der Waals surface area contributed by atoms with E-state index in [-0.39, 0.29) is 22.9 Å². The number of carbonyl (C=O) groups excluding carboxylic acids is 1. The number of esters is 1. The summed E-state index contributed by atoms with van der Waals surface area (Å²) < 4.78 is 18.3. The molecule has 3 N–H and O–H groups in total. The third-order valence-corrected chi connectivity index (χ3v) is 2.28. The number of hydrogen-bond acceptors (Lipinski definition) is 4. The van der Waals surface area contributed by atoms with Gasteiger partial charge in [0, 0.05) is 7.05 Å². The molecule has 0 aliphatic carbocycles. The van der Waals surface area contributed by atoms with E-state index < -0.39 is 11.8 Å². The SMILES string of the molecule is CCOC(=O)c1c(N)c(NC)cc(Cl)c1F. The molecule has 0 fully saturated rings. The highest BCUT2D eigenvalue weighted by molar-refractivity contribution is 6.31. The van der Waals surface area contributed by atoms with Crippen molar-refractivity contribution in [2.24, 2.45) is 0 Å². The molecule has 0 amide bonds. The maximum atomic E-state index is 13.6. The molecule has 0 radical (unpaired) electrons. The van der Waals surface area contributed by atoms with Crippen molar-refractivity contribution in [3.05, 3.63) is 22.5 Å². The number of carbonyl (C=O) groups is 1. The fourth-order valence-corrected chi connectivity index (χ4v) is 1.45. The van der Waals surface area contributed by atoms with E-state index in [1.165, 1.54) is 6.07 Å².